The van der Waals surface area contributed by atoms with Gasteiger partial charge in [0.15, 0.2) is 6.04 Å². The summed E-state index contributed by atoms with van der Waals surface area (Å²) >= 11 is 0. The molecule has 0 saturated heterocycles. The van der Waals surface area contributed by atoms with E-state index in [9.17, 15) is 9.59 Å². The second-order valence-corrected chi connectivity index (χ2v) is 7.55. The van der Waals surface area contributed by atoms with Gasteiger partial charge in [-0.1, -0.05) is 32.1 Å². The molecule has 2 aliphatic carbocycles. The van der Waals surface area contributed by atoms with Crippen LogP contribution in [-0.4, -0.2) is 33.4 Å². The number of nitrogens with zero attached hydrogens (tertiary/aromatic N) is 2. The molecule has 4 rings (SSSR count). The molecule has 3 aliphatic rings. The van der Waals surface area contributed by atoms with Crippen LogP contribution in [-0.2, 0) is 16.1 Å². The van der Waals surface area contributed by atoms with Gasteiger partial charge in [0.1, 0.15) is 6.54 Å². The molecule has 2 saturated carbocycles. The average Bonchev–Trinajstić information content (AvgIpc) is 3.26. The average molecular weight is 329 g/mol. The van der Waals surface area contributed by atoms with Crippen LogP contribution < -0.4 is 5.32 Å². The fraction of sp³-hybridized carbons (Fsp3) is 0.684. The molecule has 0 spiro atoms. The maximum absolute atomic E-state index is 13.1. The summed E-state index contributed by atoms with van der Waals surface area (Å²) in [7, 11) is 0. The van der Waals surface area contributed by atoms with Crippen LogP contribution in [0.3, 0.4) is 0 Å². The molecule has 1 aliphatic heterocycles. The fourth-order valence-corrected chi connectivity index (χ4v) is 4.24. The third-order valence-corrected chi connectivity index (χ3v) is 5.66. The number of carbonyl (C=O) groups excluding carboxylic acids is 2. The first kappa shape index (κ1) is 15.7. The van der Waals surface area contributed by atoms with Crippen molar-refractivity contribution in [1.29, 1.82) is 0 Å². The molecule has 0 aromatic carbocycles. The van der Waals surface area contributed by atoms with E-state index in [-0.39, 0.29) is 23.9 Å². The van der Waals surface area contributed by atoms with Crippen LogP contribution in [0.1, 0.15) is 69.5 Å². The predicted molar refractivity (Wildman–Crippen MR) is 91.3 cm³/mol. The van der Waals surface area contributed by atoms with Gasteiger partial charge in [-0.05, 0) is 37.8 Å². The summed E-state index contributed by atoms with van der Waals surface area (Å²) in [6.07, 6.45) is 12.3. The molecule has 0 bridgehead atoms. The molecule has 24 heavy (non-hydrogen) atoms. The number of nitrogens with one attached hydrogen (secondary N) is 1. The monoisotopic (exact) mass is 329 g/mol. The van der Waals surface area contributed by atoms with Gasteiger partial charge in [0.05, 0.1) is 5.69 Å². The number of rotatable bonds is 3. The second-order valence-electron chi connectivity index (χ2n) is 7.55. The topological polar surface area (TPSA) is 54.3 Å². The molecule has 0 radical (unpaired) electrons. The van der Waals surface area contributed by atoms with Crippen molar-refractivity contribution < 1.29 is 9.59 Å². The summed E-state index contributed by atoms with van der Waals surface area (Å²) in [5.74, 6) is 0.0967. The Hall–Kier alpha value is -1.78. The Balaban J connectivity index is 1.53. The van der Waals surface area contributed by atoms with E-state index in [0.717, 1.165) is 31.4 Å². The minimum Gasteiger partial charge on any atom is -0.351 e. The lowest BCUT2D eigenvalue weighted by Crippen LogP contribution is -2.51. The third kappa shape index (κ3) is 3.08. The van der Waals surface area contributed by atoms with Crippen molar-refractivity contribution in [3.63, 3.8) is 0 Å². The number of hydrogen-bond donors (Lipinski definition) is 1. The third-order valence-electron chi connectivity index (χ3n) is 5.66. The fourth-order valence-electron chi connectivity index (χ4n) is 4.24. The molecule has 5 nitrogen and oxygen atoms in total. The van der Waals surface area contributed by atoms with E-state index >= 15 is 0 Å². The zero-order chi connectivity index (χ0) is 16.5. The number of carbonyl (C=O) groups is 2. The maximum Gasteiger partial charge on any atom is 0.249 e. The number of aromatic nitrogens is 1. The summed E-state index contributed by atoms with van der Waals surface area (Å²) in [6, 6.07) is 4.01. The lowest BCUT2D eigenvalue weighted by molar-refractivity contribution is -0.144. The summed E-state index contributed by atoms with van der Waals surface area (Å²) in [4.78, 5) is 27.5. The van der Waals surface area contributed by atoms with Crippen LogP contribution in [0, 0.1) is 0 Å². The molecule has 5 heteroatoms. The predicted octanol–water partition coefficient (Wildman–Crippen LogP) is 2.76. The normalized spacial score (nSPS) is 25.8. The van der Waals surface area contributed by atoms with Crippen molar-refractivity contribution in [1.82, 2.24) is 14.8 Å². The number of amides is 2. The van der Waals surface area contributed by atoms with Crippen molar-refractivity contribution in [2.75, 3.05) is 0 Å². The Bertz CT molecular complexity index is 612. The first-order valence-electron chi connectivity index (χ1n) is 9.50. The molecule has 0 unspecified atom stereocenters. The first-order valence-corrected chi connectivity index (χ1v) is 9.50. The van der Waals surface area contributed by atoms with E-state index in [1.807, 2.05) is 27.8 Å². The molecule has 2 amide bonds. The standard InChI is InChI=1S/C19H27N3O2/c23-17-13-21-12-6-9-16(21)18(22(17)15-10-11-15)19(24)20-14-7-4-2-1-3-5-8-14/h6,9,12,14-15,18H,1-5,7-8,10-11,13H2,(H,20,24)/t18-/m0/s1. The Kier molecular flexibility index (Phi) is 4.33. The van der Waals surface area contributed by atoms with Gasteiger partial charge < -0.3 is 14.8 Å². The molecule has 2 heterocycles. The zero-order valence-corrected chi connectivity index (χ0v) is 14.2. The number of fused-ring (bicyclic) bond motifs is 1. The summed E-state index contributed by atoms with van der Waals surface area (Å²) in [5, 5.41) is 3.27. The van der Waals surface area contributed by atoms with Gasteiger partial charge in [0.2, 0.25) is 11.8 Å². The van der Waals surface area contributed by atoms with E-state index in [1.54, 1.807) is 0 Å². The van der Waals surface area contributed by atoms with Crippen molar-refractivity contribution in [3.8, 4) is 0 Å². The van der Waals surface area contributed by atoms with Crippen LogP contribution in [0.15, 0.2) is 18.3 Å². The van der Waals surface area contributed by atoms with Gasteiger partial charge in [-0.15, -0.1) is 0 Å². The van der Waals surface area contributed by atoms with Gasteiger partial charge in [-0.2, -0.15) is 0 Å². The Morgan fingerprint density at radius 2 is 1.75 bits per heavy atom. The van der Waals surface area contributed by atoms with Crippen LogP contribution in [0.25, 0.3) is 0 Å². The van der Waals surface area contributed by atoms with Crippen molar-refractivity contribution in [2.24, 2.45) is 0 Å². The lowest BCUT2D eigenvalue weighted by atomic mass is 9.96. The molecule has 1 N–H and O–H groups in total. The molecule has 130 valence electrons. The highest BCUT2D eigenvalue weighted by Crippen LogP contribution is 2.37. The molecular formula is C19H27N3O2. The van der Waals surface area contributed by atoms with Crippen molar-refractivity contribution in [2.45, 2.75) is 82.5 Å². The van der Waals surface area contributed by atoms with E-state index in [1.165, 1.54) is 32.1 Å². The Morgan fingerprint density at radius 1 is 1.04 bits per heavy atom. The van der Waals surface area contributed by atoms with Gasteiger partial charge in [-0.25, -0.2) is 0 Å². The van der Waals surface area contributed by atoms with Gasteiger partial charge in [0, 0.05) is 18.3 Å². The number of hydrogen-bond acceptors (Lipinski definition) is 2. The largest absolute Gasteiger partial charge is 0.351 e. The van der Waals surface area contributed by atoms with Gasteiger partial charge in [0.25, 0.3) is 0 Å². The Morgan fingerprint density at radius 3 is 2.46 bits per heavy atom. The molecule has 2 fully saturated rings. The quantitative estimate of drug-likeness (QED) is 0.927. The highest BCUT2D eigenvalue weighted by molar-refractivity contribution is 5.90. The van der Waals surface area contributed by atoms with Gasteiger partial charge in [-0.3, -0.25) is 9.59 Å². The van der Waals surface area contributed by atoms with Crippen LogP contribution in [0.4, 0.5) is 0 Å². The summed E-state index contributed by atoms with van der Waals surface area (Å²) in [6.45, 7) is 0.367. The summed E-state index contributed by atoms with van der Waals surface area (Å²) < 4.78 is 1.93. The van der Waals surface area contributed by atoms with E-state index in [2.05, 4.69) is 5.32 Å². The molecule has 1 aromatic rings. The SMILES string of the molecule is O=C(NC1CCCCCCC1)[C@@H]1c2cccn2CC(=O)N1C1CC1. The van der Waals surface area contributed by atoms with Crippen LogP contribution in [0.5, 0.6) is 0 Å². The minimum atomic E-state index is -0.445. The van der Waals surface area contributed by atoms with Crippen molar-refractivity contribution >= 4 is 11.8 Å². The molecular weight excluding hydrogens is 302 g/mol. The van der Waals surface area contributed by atoms with Crippen LogP contribution >= 0.6 is 0 Å². The van der Waals surface area contributed by atoms with E-state index in [0.29, 0.717) is 6.54 Å². The van der Waals surface area contributed by atoms with E-state index in [4.69, 9.17) is 0 Å². The highest BCUT2D eigenvalue weighted by Gasteiger charge is 2.45. The van der Waals surface area contributed by atoms with Crippen LogP contribution in [0.2, 0.25) is 0 Å². The lowest BCUT2D eigenvalue weighted by Gasteiger charge is -2.37. The van der Waals surface area contributed by atoms with Crippen molar-refractivity contribution in [3.05, 3.63) is 24.0 Å². The molecule has 1 aromatic heterocycles. The smallest absolute Gasteiger partial charge is 0.249 e. The maximum atomic E-state index is 13.1. The highest BCUT2D eigenvalue weighted by atomic mass is 16.2. The van der Waals surface area contributed by atoms with E-state index < -0.39 is 6.04 Å². The summed E-state index contributed by atoms with van der Waals surface area (Å²) in [5.41, 5.74) is 0.963. The first-order chi connectivity index (χ1) is 11.7. The van der Waals surface area contributed by atoms with Gasteiger partial charge >= 0.3 is 0 Å². The zero-order valence-electron chi connectivity index (χ0n) is 14.2. The molecule has 1 atom stereocenters. The second kappa shape index (κ2) is 6.61. The minimum absolute atomic E-state index is 0.0143. The Labute approximate surface area is 143 Å².